The molecule has 3 aromatic rings. The zero-order chi connectivity index (χ0) is 12.8. The van der Waals surface area contributed by atoms with Gasteiger partial charge in [-0.2, -0.15) is 0 Å². The summed E-state index contributed by atoms with van der Waals surface area (Å²) in [4.78, 5) is 8.63. The van der Waals surface area contributed by atoms with Crippen molar-refractivity contribution in [3.05, 3.63) is 36.8 Å². The van der Waals surface area contributed by atoms with Crippen molar-refractivity contribution in [1.29, 1.82) is 0 Å². The number of imidazole rings is 1. The van der Waals surface area contributed by atoms with Gasteiger partial charge in [-0.3, -0.25) is 5.10 Å². The van der Waals surface area contributed by atoms with Crippen molar-refractivity contribution in [3.8, 4) is 11.3 Å². The molecular formula is C11H10N4O2S. The zero-order valence-electron chi connectivity index (χ0n) is 9.53. The van der Waals surface area contributed by atoms with E-state index in [1.807, 2.05) is 0 Å². The van der Waals surface area contributed by atoms with Crippen molar-refractivity contribution in [2.75, 3.05) is 6.26 Å². The van der Waals surface area contributed by atoms with Crippen LogP contribution in [0.15, 0.2) is 41.7 Å². The number of nitrogens with one attached hydrogen (secondary N) is 1. The molecule has 1 N–H and O–H groups in total. The fourth-order valence-electron chi connectivity index (χ4n) is 1.72. The van der Waals surface area contributed by atoms with Gasteiger partial charge >= 0.3 is 0 Å². The molecular weight excluding hydrogens is 252 g/mol. The van der Waals surface area contributed by atoms with E-state index < -0.39 is 9.84 Å². The first-order valence-corrected chi connectivity index (χ1v) is 7.12. The maximum Gasteiger partial charge on any atom is 0.250 e. The maximum absolute atomic E-state index is 11.3. The third kappa shape index (κ3) is 1.78. The Kier molecular flexibility index (Phi) is 2.24. The molecule has 92 valence electrons. The highest BCUT2D eigenvalue weighted by molar-refractivity contribution is 7.90. The number of rotatable bonds is 2. The number of aromatic nitrogens is 4. The number of nitrogens with zero attached hydrogens (tertiary/aromatic N) is 3. The molecule has 0 aliphatic heterocycles. The number of fused-ring (bicyclic) bond motifs is 1. The molecule has 0 amide bonds. The van der Waals surface area contributed by atoms with Crippen LogP contribution < -0.4 is 0 Å². The van der Waals surface area contributed by atoms with Crippen molar-refractivity contribution >= 4 is 15.6 Å². The van der Waals surface area contributed by atoms with Gasteiger partial charge in [0.25, 0.3) is 5.78 Å². The van der Waals surface area contributed by atoms with E-state index in [2.05, 4.69) is 15.1 Å². The average molecular weight is 262 g/mol. The zero-order valence-corrected chi connectivity index (χ0v) is 10.3. The van der Waals surface area contributed by atoms with Crippen molar-refractivity contribution in [3.63, 3.8) is 0 Å². The van der Waals surface area contributed by atoms with Gasteiger partial charge in [0.1, 0.15) is 6.33 Å². The molecule has 0 spiro atoms. The third-order valence-electron chi connectivity index (χ3n) is 2.64. The Morgan fingerprint density at radius 2 is 1.94 bits per heavy atom. The van der Waals surface area contributed by atoms with Crippen molar-refractivity contribution in [2.24, 2.45) is 0 Å². The minimum atomic E-state index is -3.16. The molecule has 2 aromatic heterocycles. The summed E-state index contributed by atoms with van der Waals surface area (Å²) in [5, 5.41) is 2.89. The summed E-state index contributed by atoms with van der Waals surface area (Å²) in [5.74, 6) is 0.581. The van der Waals surface area contributed by atoms with Gasteiger partial charge < -0.3 is 0 Å². The molecule has 0 aliphatic carbocycles. The molecule has 0 bridgehead atoms. The highest BCUT2D eigenvalue weighted by Crippen LogP contribution is 2.20. The predicted octanol–water partition coefficient (Wildman–Crippen LogP) is 1.13. The third-order valence-corrected chi connectivity index (χ3v) is 3.77. The molecule has 18 heavy (non-hydrogen) atoms. The Morgan fingerprint density at radius 3 is 2.56 bits per heavy atom. The number of benzene rings is 1. The fraction of sp³-hybridized carbons (Fsp3) is 0.0909. The van der Waals surface area contributed by atoms with E-state index in [1.165, 1.54) is 6.26 Å². The van der Waals surface area contributed by atoms with Crippen LogP contribution >= 0.6 is 0 Å². The molecule has 0 saturated carbocycles. The summed E-state index contributed by atoms with van der Waals surface area (Å²) in [6.45, 7) is 0. The van der Waals surface area contributed by atoms with Crippen LogP contribution in [0, 0.1) is 0 Å². The number of H-pyrrole nitrogens is 1. The van der Waals surface area contributed by atoms with E-state index in [1.54, 1.807) is 41.3 Å². The fourth-order valence-corrected chi connectivity index (χ4v) is 2.35. The number of aromatic amines is 1. The van der Waals surface area contributed by atoms with Crippen LogP contribution in [-0.2, 0) is 9.84 Å². The first kappa shape index (κ1) is 11.0. The molecule has 0 aliphatic rings. The minimum absolute atomic E-state index is 0.300. The van der Waals surface area contributed by atoms with Crippen LogP contribution in [0.25, 0.3) is 17.0 Å². The summed E-state index contributed by atoms with van der Waals surface area (Å²) in [6.07, 6.45) is 4.54. The van der Waals surface area contributed by atoms with E-state index in [4.69, 9.17) is 0 Å². The highest BCUT2D eigenvalue weighted by atomic mass is 32.2. The summed E-state index contributed by atoms with van der Waals surface area (Å²) in [5.41, 5.74) is 1.59. The van der Waals surface area contributed by atoms with Gasteiger partial charge in [0, 0.05) is 11.8 Å². The lowest BCUT2D eigenvalue weighted by Gasteiger charge is -1.99. The van der Waals surface area contributed by atoms with Gasteiger partial charge in [-0.1, -0.05) is 12.1 Å². The Bertz CT molecular complexity index is 771. The summed E-state index contributed by atoms with van der Waals surface area (Å²) in [7, 11) is -3.16. The van der Waals surface area contributed by atoms with Gasteiger partial charge in [0.2, 0.25) is 0 Å². The Morgan fingerprint density at radius 1 is 1.22 bits per heavy atom. The van der Waals surface area contributed by atoms with Crippen LogP contribution in [0.2, 0.25) is 0 Å². The van der Waals surface area contributed by atoms with Gasteiger partial charge in [-0.25, -0.2) is 22.9 Å². The molecule has 0 atom stereocenters. The van der Waals surface area contributed by atoms with Crippen molar-refractivity contribution < 1.29 is 8.42 Å². The van der Waals surface area contributed by atoms with Gasteiger partial charge in [-0.15, -0.1) is 0 Å². The molecule has 6 nitrogen and oxygen atoms in total. The molecule has 7 heteroatoms. The van der Waals surface area contributed by atoms with Crippen molar-refractivity contribution in [1.82, 2.24) is 19.6 Å². The van der Waals surface area contributed by atoms with Gasteiger partial charge in [0.05, 0.1) is 16.8 Å². The monoisotopic (exact) mass is 262 g/mol. The Balaban J connectivity index is 2.05. The minimum Gasteiger partial charge on any atom is -0.281 e. The standard InChI is InChI=1S/C11H10N4O2S/c1-18(16,17)9-4-2-8(3-5-9)10-6-15-11(14-10)12-7-13-15/h2-7H,1H3,(H,12,13,14). The topological polar surface area (TPSA) is 80.1 Å². The van der Waals surface area contributed by atoms with Crippen LogP contribution in [0.5, 0.6) is 0 Å². The van der Waals surface area contributed by atoms with Crippen LogP contribution in [0.1, 0.15) is 0 Å². The van der Waals surface area contributed by atoms with E-state index in [0.717, 1.165) is 11.3 Å². The smallest absolute Gasteiger partial charge is 0.250 e. The SMILES string of the molecule is CS(=O)(=O)c1ccc(-c2cn3[nH]cnc3n2)cc1. The molecule has 0 unspecified atom stereocenters. The van der Waals surface area contributed by atoms with E-state index in [0.29, 0.717) is 10.7 Å². The van der Waals surface area contributed by atoms with Crippen molar-refractivity contribution in [2.45, 2.75) is 4.90 Å². The van der Waals surface area contributed by atoms with Crippen LogP contribution in [0.4, 0.5) is 0 Å². The number of hydrogen-bond acceptors (Lipinski definition) is 4. The second-order valence-electron chi connectivity index (χ2n) is 3.98. The molecule has 1 aromatic carbocycles. The first-order valence-electron chi connectivity index (χ1n) is 5.23. The molecule has 0 fully saturated rings. The lowest BCUT2D eigenvalue weighted by molar-refractivity contribution is 0.602. The second-order valence-corrected chi connectivity index (χ2v) is 6.00. The Labute approximate surface area is 103 Å². The average Bonchev–Trinajstić information content (AvgIpc) is 2.88. The summed E-state index contributed by atoms with van der Waals surface area (Å²) in [6, 6.07) is 6.62. The van der Waals surface area contributed by atoms with E-state index in [-0.39, 0.29) is 0 Å². The maximum atomic E-state index is 11.3. The number of hydrogen-bond donors (Lipinski definition) is 1. The highest BCUT2D eigenvalue weighted by Gasteiger charge is 2.09. The van der Waals surface area contributed by atoms with E-state index >= 15 is 0 Å². The van der Waals surface area contributed by atoms with Gasteiger partial charge in [-0.05, 0) is 12.1 Å². The summed E-state index contributed by atoms with van der Waals surface area (Å²) < 4.78 is 24.4. The largest absolute Gasteiger partial charge is 0.281 e. The first-order chi connectivity index (χ1) is 8.54. The predicted molar refractivity (Wildman–Crippen MR) is 65.9 cm³/mol. The molecule has 0 radical (unpaired) electrons. The normalized spacial score (nSPS) is 12.1. The molecule has 3 rings (SSSR count). The quantitative estimate of drug-likeness (QED) is 0.750. The second kappa shape index (κ2) is 3.67. The lowest BCUT2D eigenvalue weighted by Crippen LogP contribution is -1.96. The summed E-state index contributed by atoms with van der Waals surface area (Å²) >= 11 is 0. The molecule has 0 saturated heterocycles. The Hall–Kier alpha value is -2.15. The molecule has 2 heterocycles. The van der Waals surface area contributed by atoms with Crippen LogP contribution in [0.3, 0.4) is 0 Å². The van der Waals surface area contributed by atoms with Gasteiger partial charge in [0.15, 0.2) is 9.84 Å². The number of sulfone groups is 1. The lowest BCUT2D eigenvalue weighted by atomic mass is 10.2. The van der Waals surface area contributed by atoms with Crippen LogP contribution in [-0.4, -0.2) is 34.3 Å². The van der Waals surface area contributed by atoms with E-state index in [9.17, 15) is 8.42 Å².